The van der Waals surface area contributed by atoms with Gasteiger partial charge in [0.15, 0.2) is 0 Å². The molecule has 1 amide bonds. The summed E-state index contributed by atoms with van der Waals surface area (Å²) in [4.78, 5) is 43.0. The van der Waals surface area contributed by atoms with Crippen molar-refractivity contribution in [2.24, 2.45) is 0 Å². The number of amides is 1. The number of hydrogen-bond donors (Lipinski definition) is 2. The van der Waals surface area contributed by atoms with Gasteiger partial charge in [-0.15, -0.1) is 0 Å². The third kappa shape index (κ3) is 5.51. The highest BCUT2D eigenvalue weighted by Gasteiger charge is 2.21. The summed E-state index contributed by atoms with van der Waals surface area (Å²) in [5.74, 6) is -0.575. The van der Waals surface area contributed by atoms with Gasteiger partial charge in [-0.05, 0) is 51.5 Å². The first-order valence-corrected chi connectivity index (χ1v) is 10.4. The van der Waals surface area contributed by atoms with Gasteiger partial charge < -0.3 is 15.4 Å². The van der Waals surface area contributed by atoms with Crippen LogP contribution in [0.5, 0.6) is 0 Å². The number of aromatic nitrogens is 2. The number of pyridine rings is 2. The number of hydrogen-bond acceptors (Lipinski definition) is 6. The summed E-state index contributed by atoms with van der Waals surface area (Å²) in [6.07, 6.45) is 0. The van der Waals surface area contributed by atoms with E-state index in [2.05, 4.69) is 15.6 Å². The van der Waals surface area contributed by atoms with Gasteiger partial charge in [-0.3, -0.25) is 19.0 Å². The average molecular weight is 437 g/mol. The number of benzene rings is 1. The molecule has 2 heterocycles. The number of esters is 1. The predicted molar refractivity (Wildman–Crippen MR) is 124 cm³/mol. The molecule has 0 saturated heterocycles. The molecule has 0 spiro atoms. The molecule has 3 rings (SSSR count). The van der Waals surface area contributed by atoms with E-state index in [9.17, 15) is 14.4 Å². The Morgan fingerprint density at radius 1 is 1.09 bits per heavy atom. The first kappa shape index (κ1) is 23.0. The lowest BCUT2D eigenvalue weighted by Crippen LogP contribution is -2.36. The van der Waals surface area contributed by atoms with Gasteiger partial charge in [0.1, 0.15) is 29.2 Å². The van der Waals surface area contributed by atoms with Gasteiger partial charge in [-0.25, -0.2) is 4.98 Å². The van der Waals surface area contributed by atoms with Crippen LogP contribution in [0.25, 0.3) is 11.0 Å². The smallest absolute Gasteiger partial charge is 0.326 e. The Kier molecular flexibility index (Phi) is 6.62. The Morgan fingerprint density at radius 2 is 1.78 bits per heavy atom. The van der Waals surface area contributed by atoms with Gasteiger partial charge in [-0.1, -0.05) is 29.8 Å². The van der Waals surface area contributed by atoms with Crippen molar-refractivity contribution in [3.8, 4) is 0 Å². The van der Waals surface area contributed by atoms with E-state index in [1.807, 2.05) is 31.2 Å². The van der Waals surface area contributed by atoms with Crippen LogP contribution in [-0.2, 0) is 22.6 Å². The lowest BCUT2D eigenvalue weighted by atomic mass is 10.1. The number of carbonyl (C=O) groups is 2. The van der Waals surface area contributed by atoms with Crippen LogP contribution in [0.3, 0.4) is 0 Å². The zero-order valence-electron chi connectivity index (χ0n) is 19.0. The summed E-state index contributed by atoms with van der Waals surface area (Å²) >= 11 is 0. The van der Waals surface area contributed by atoms with Gasteiger partial charge >= 0.3 is 5.97 Å². The quantitative estimate of drug-likeness (QED) is 0.576. The lowest BCUT2D eigenvalue weighted by Gasteiger charge is -2.20. The number of rotatable bonds is 6. The maximum absolute atomic E-state index is 13.2. The minimum atomic E-state index is -0.705. The molecule has 8 heteroatoms. The van der Waals surface area contributed by atoms with Gasteiger partial charge in [-0.2, -0.15) is 0 Å². The van der Waals surface area contributed by atoms with Crippen LogP contribution >= 0.6 is 0 Å². The highest BCUT2D eigenvalue weighted by molar-refractivity contribution is 5.97. The summed E-state index contributed by atoms with van der Waals surface area (Å²) in [5.41, 5.74) is 0.955. The Bertz CT molecular complexity index is 1210. The molecule has 2 aromatic heterocycles. The summed E-state index contributed by atoms with van der Waals surface area (Å²) in [6.45, 7) is 7.15. The summed E-state index contributed by atoms with van der Waals surface area (Å²) in [7, 11) is 1.71. The van der Waals surface area contributed by atoms with Crippen molar-refractivity contribution in [1.29, 1.82) is 0 Å². The maximum atomic E-state index is 13.2. The zero-order chi connectivity index (χ0) is 23.5. The number of ether oxygens (including phenoxy) is 1. The van der Waals surface area contributed by atoms with E-state index in [4.69, 9.17) is 4.74 Å². The summed E-state index contributed by atoms with van der Waals surface area (Å²) in [6, 6.07) is 12.7. The van der Waals surface area contributed by atoms with Crippen LogP contribution in [-0.4, -0.2) is 34.1 Å². The van der Waals surface area contributed by atoms with Crippen molar-refractivity contribution in [2.75, 3.05) is 12.4 Å². The number of anilines is 1. The third-order valence-corrected chi connectivity index (χ3v) is 4.72. The average Bonchev–Trinajstić information content (AvgIpc) is 2.73. The topological polar surface area (TPSA) is 102 Å². The Hall–Kier alpha value is -3.68. The number of nitrogens with zero attached hydrogens (tertiary/aromatic N) is 2. The van der Waals surface area contributed by atoms with Crippen molar-refractivity contribution >= 4 is 28.7 Å². The second-order valence-corrected chi connectivity index (χ2v) is 8.56. The molecule has 0 bridgehead atoms. The molecule has 0 fully saturated rings. The molecule has 0 atom stereocenters. The predicted octanol–water partition coefficient (Wildman–Crippen LogP) is 3.02. The van der Waals surface area contributed by atoms with Crippen LogP contribution in [0.2, 0.25) is 0 Å². The van der Waals surface area contributed by atoms with Crippen molar-refractivity contribution in [3.63, 3.8) is 0 Å². The monoisotopic (exact) mass is 436 g/mol. The molecule has 0 unspecified atom stereocenters. The molecular weight excluding hydrogens is 408 g/mol. The van der Waals surface area contributed by atoms with E-state index in [1.54, 1.807) is 40.0 Å². The highest BCUT2D eigenvalue weighted by Crippen LogP contribution is 2.16. The summed E-state index contributed by atoms with van der Waals surface area (Å²) < 4.78 is 6.56. The Labute approximate surface area is 186 Å². The number of carbonyl (C=O) groups excluding carboxylic acids is 2. The van der Waals surface area contributed by atoms with E-state index < -0.39 is 23.0 Å². The van der Waals surface area contributed by atoms with Crippen LogP contribution in [0.4, 0.5) is 5.82 Å². The Balaban J connectivity index is 1.98. The van der Waals surface area contributed by atoms with Crippen molar-refractivity contribution in [2.45, 2.75) is 46.4 Å². The number of fused-ring (bicyclic) bond motifs is 1. The van der Waals surface area contributed by atoms with Gasteiger partial charge in [0, 0.05) is 19.0 Å². The van der Waals surface area contributed by atoms with Gasteiger partial charge in [0.25, 0.3) is 11.5 Å². The number of aryl methyl sites for hydroxylation is 1. The molecule has 1 aromatic carbocycles. The van der Waals surface area contributed by atoms with Gasteiger partial charge in [0.2, 0.25) is 0 Å². The van der Waals surface area contributed by atoms with Crippen molar-refractivity contribution in [3.05, 3.63) is 69.5 Å². The SMILES string of the molecule is CNc1ccc2cc(C(=O)NCc3ccc(C)cc3)c(=O)n(CC(=O)OC(C)(C)C)c2n1. The molecule has 8 nitrogen and oxygen atoms in total. The molecule has 3 aromatic rings. The first-order valence-electron chi connectivity index (χ1n) is 10.4. The molecule has 32 heavy (non-hydrogen) atoms. The zero-order valence-corrected chi connectivity index (χ0v) is 19.0. The van der Waals surface area contributed by atoms with E-state index in [1.165, 1.54) is 10.6 Å². The molecule has 0 aliphatic rings. The van der Waals surface area contributed by atoms with E-state index in [-0.39, 0.29) is 18.7 Å². The largest absolute Gasteiger partial charge is 0.459 e. The van der Waals surface area contributed by atoms with Crippen LogP contribution < -0.4 is 16.2 Å². The van der Waals surface area contributed by atoms with Crippen LogP contribution in [0, 0.1) is 6.92 Å². The van der Waals surface area contributed by atoms with E-state index in [0.717, 1.165) is 11.1 Å². The Morgan fingerprint density at radius 3 is 2.41 bits per heavy atom. The molecule has 2 N–H and O–H groups in total. The summed E-state index contributed by atoms with van der Waals surface area (Å²) in [5, 5.41) is 6.26. The molecular formula is C24H28N4O4. The second kappa shape index (κ2) is 9.21. The minimum absolute atomic E-state index is 0.0628. The molecule has 0 aliphatic heterocycles. The van der Waals surface area contributed by atoms with E-state index >= 15 is 0 Å². The van der Waals surface area contributed by atoms with Crippen LogP contribution in [0.15, 0.2) is 47.3 Å². The van der Waals surface area contributed by atoms with Crippen molar-refractivity contribution < 1.29 is 14.3 Å². The van der Waals surface area contributed by atoms with Crippen molar-refractivity contribution in [1.82, 2.24) is 14.9 Å². The minimum Gasteiger partial charge on any atom is -0.459 e. The fraction of sp³-hybridized carbons (Fsp3) is 0.333. The first-order chi connectivity index (χ1) is 15.1. The molecule has 0 saturated carbocycles. The fourth-order valence-electron chi connectivity index (χ4n) is 3.18. The standard InChI is InChI=1S/C24H28N4O4/c1-15-6-8-16(9-7-15)13-26-22(30)18-12-17-10-11-19(25-5)27-21(17)28(23(18)31)14-20(29)32-24(2,3)4/h6-12H,13-14H2,1-5H3,(H,25,27)(H,26,30). The van der Waals surface area contributed by atoms with Crippen LogP contribution in [0.1, 0.15) is 42.3 Å². The number of nitrogens with one attached hydrogen (secondary N) is 2. The second-order valence-electron chi connectivity index (χ2n) is 8.56. The highest BCUT2D eigenvalue weighted by atomic mass is 16.6. The molecule has 0 aliphatic carbocycles. The maximum Gasteiger partial charge on any atom is 0.326 e. The molecule has 168 valence electrons. The normalized spacial score (nSPS) is 11.3. The lowest BCUT2D eigenvalue weighted by molar-refractivity contribution is -0.155. The van der Waals surface area contributed by atoms with E-state index in [0.29, 0.717) is 16.9 Å². The third-order valence-electron chi connectivity index (χ3n) is 4.72. The van der Waals surface area contributed by atoms with Gasteiger partial charge in [0.05, 0.1) is 0 Å². The fourth-order valence-corrected chi connectivity index (χ4v) is 3.18. The molecule has 0 radical (unpaired) electrons.